The smallest absolute Gasteiger partial charge is 0.141 e. The average molecular weight is 220 g/mol. The summed E-state index contributed by atoms with van der Waals surface area (Å²) in [5, 5.41) is 0. The van der Waals surface area contributed by atoms with E-state index in [4.69, 9.17) is 5.84 Å². The molecule has 4 nitrogen and oxygen atoms in total. The number of pyridine rings is 1. The first-order chi connectivity index (χ1) is 7.72. The Morgan fingerprint density at radius 2 is 2.38 bits per heavy atom. The van der Waals surface area contributed by atoms with E-state index < -0.39 is 0 Å². The molecule has 1 aromatic rings. The van der Waals surface area contributed by atoms with Crippen LogP contribution >= 0.6 is 0 Å². The Kier molecular flexibility index (Phi) is 3.29. The molecule has 16 heavy (non-hydrogen) atoms. The van der Waals surface area contributed by atoms with Gasteiger partial charge in [0.2, 0.25) is 0 Å². The minimum atomic E-state index is 0.646. The van der Waals surface area contributed by atoms with Gasteiger partial charge in [-0.15, -0.1) is 0 Å². The summed E-state index contributed by atoms with van der Waals surface area (Å²) < 4.78 is 0. The van der Waals surface area contributed by atoms with Gasteiger partial charge < -0.3 is 10.3 Å². The molecular formula is C12H20N4. The SMILES string of the molecule is CC(C)C1CCCN1c1ccnc(NN)c1. The summed E-state index contributed by atoms with van der Waals surface area (Å²) in [6.07, 6.45) is 4.36. The quantitative estimate of drug-likeness (QED) is 0.604. The minimum Gasteiger partial charge on any atom is -0.368 e. The molecule has 0 radical (unpaired) electrons. The van der Waals surface area contributed by atoms with Crippen molar-refractivity contribution in [2.75, 3.05) is 16.9 Å². The summed E-state index contributed by atoms with van der Waals surface area (Å²) in [6, 6.07) is 4.72. The molecule has 0 aliphatic carbocycles. The highest BCUT2D eigenvalue weighted by Gasteiger charge is 2.27. The van der Waals surface area contributed by atoms with Crippen molar-refractivity contribution in [2.24, 2.45) is 11.8 Å². The molecule has 2 rings (SSSR count). The summed E-state index contributed by atoms with van der Waals surface area (Å²) in [5.41, 5.74) is 3.82. The van der Waals surface area contributed by atoms with E-state index in [0.717, 1.165) is 12.4 Å². The Morgan fingerprint density at radius 3 is 3.06 bits per heavy atom. The van der Waals surface area contributed by atoms with E-state index in [1.165, 1.54) is 18.5 Å². The number of nitrogen functional groups attached to an aromatic ring is 1. The zero-order valence-corrected chi connectivity index (χ0v) is 9.98. The predicted octanol–water partition coefficient (Wildman–Crippen LogP) is 1.99. The third kappa shape index (κ3) is 2.11. The Hall–Kier alpha value is -1.29. The van der Waals surface area contributed by atoms with Gasteiger partial charge in [-0.3, -0.25) is 0 Å². The van der Waals surface area contributed by atoms with Crippen LogP contribution in [0.25, 0.3) is 0 Å². The molecule has 1 aromatic heterocycles. The van der Waals surface area contributed by atoms with E-state index in [1.807, 2.05) is 6.07 Å². The maximum absolute atomic E-state index is 5.38. The third-order valence-electron chi connectivity index (χ3n) is 3.29. The number of nitrogens with one attached hydrogen (secondary N) is 1. The van der Waals surface area contributed by atoms with Crippen molar-refractivity contribution in [1.82, 2.24) is 4.98 Å². The lowest BCUT2D eigenvalue weighted by molar-refractivity contribution is 0.492. The first-order valence-electron chi connectivity index (χ1n) is 5.91. The highest BCUT2D eigenvalue weighted by Crippen LogP contribution is 2.30. The van der Waals surface area contributed by atoms with Crippen molar-refractivity contribution >= 4 is 11.5 Å². The Bertz CT molecular complexity index is 351. The van der Waals surface area contributed by atoms with Crippen molar-refractivity contribution in [2.45, 2.75) is 32.7 Å². The van der Waals surface area contributed by atoms with E-state index in [0.29, 0.717) is 12.0 Å². The van der Waals surface area contributed by atoms with Crippen LogP contribution in [-0.2, 0) is 0 Å². The number of nitrogens with zero attached hydrogens (tertiary/aromatic N) is 2. The number of aromatic nitrogens is 1. The van der Waals surface area contributed by atoms with Gasteiger partial charge >= 0.3 is 0 Å². The number of rotatable bonds is 3. The molecule has 0 spiro atoms. The molecule has 0 aromatic carbocycles. The van der Waals surface area contributed by atoms with Gasteiger partial charge in [0, 0.05) is 30.5 Å². The van der Waals surface area contributed by atoms with Crippen LogP contribution in [-0.4, -0.2) is 17.6 Å². The maximum atomic E-state index is 5.38. The van der Waals surface area contributed by atoms with Crippen molar-refractivity contribution in [3.8, 4) is 0 Å². The van der Waals surface area contributed by atoms with Gasteiger partial charge in [-0.2, -0.15) is 0 Å². The largest absolute Gasteiger partial charge is 0.368 e. The van der Waals surface area contributed by atoms with Gasteiger partial charge in [0.25, 0.3) is 0 Å². The summed E-state index contributed by atoms with van der Waals surface area (Å²) in [5.74, 6) is 6.79. The number of nitrogens with two attached hydrogens (primary N) is 1. The number of hydrogen-bond donors (Lipinski definition) is 2. The average Bonchev–Trinajstić information content (AvgIpc) is 2.78. The van der Waals surface area contributed by atoms with E-state index in [-0.39, 0.29) is 0 Å². The molecule has 1 atom stereocenters. The fourth-order valence-corrected chi connectivity index (χ4v) is 2.48. The molecule has 1 aliphatic heterocycles. The molecule has 2 heterocycles. The summed E-state index contributed by atoms with van der Waals surface area (Å²) >= 11 is 0. The van der Waals surface area contributed by atoms with E-state index in [1.54, 1.807) is 6.20 Å². The highest BCUT2D eigenvalue weighted by atomic mass is 15.3. The van der Waals surface area contributed by atoms with Gasteiger partial charge in [-0.25, -0.2) is 10.8 Å². The van der Waals surface area contributed by atoms with Gasteiger partial charge in [-0.05, 0) is 24.8 Å². The highest BCUT2D eigenvalue weighted by molar-refractivity contribution is 5.54. The van der Waals surface area contributed by atoms with Gasteiger partial charge in [0.15, 0.2) is 0 Å². The Balaban J connectivity index is 2.22. The fraction of sp³-hybridized carbons (Fsp3) is 0.583. The lowest BCUT2D eigenvalue weighted by Crippen LogP contribution is -2.33. The van der Waals surface area contributed by atoms with Crippen LogP contribution in [0.5, 0.6) is 0 Å². The Labute approximate surface area is 96.8 Å². The number of hydrogen-bond acceptors (Lipinski definition) is 4. The zero-order valence-electron chi connectivity index (χ0n) is 9.98. The maximum Gasteiger partial charge on any atom is 0.141 e. The first kappa shape index (κ1) is 11.2. The molecule has 0 saturated carbocycles. The van der Waals surface area contributed by atoms with Crippen molar-refractivity contribution < 1.29 is 0 Å². The lowest BCUT2D eigenvalue weighted by Gasteiger charge is -2.29. The standard InChI is InChI=1S/C12H20N4/c1-9(2)11-4-3-7-16(11)10-5-6-14-12(8-10)15-13/h5-6,8-9,11H,3-4,7,13H2,1-2H3,(H,14,15). The van der Waals surface area contributed by atoms with E-state index >= 15 is 0 Å². The lowest BCUT2D eigenvalue weighted by atomic mass is 10.0. The molecular weight excluding hydrogens is 200 g/mol. The summed E-state index contributed by atoms with van der Waals surface area (Å²) in [4.78, 5) is 6.60. The molecule has 88 valence electrons. The van der Waals surface area contributed by atoms with Crippen LogP contribution in [0.3, 0.4) is 0 Å². The fourth-order valence-electron chi connectivity index (χ4n) is 2.48. The molecule has 4 heteroatoms. The Morgan fingerprint density at radius 1 is 1.56 bits per heavy atom. The van der Waals surface area contributed by atoms with Gasteiger partial charge in [0.05, 0.1) is 0 Å². The number of anilines is 2. The summed E-state index contributed by atoms with van der Waals surface area (Å²) in [6.45, 7) is 5.70. The van der Waals surface area contributed by atoms with Crippen LogP contribution in [0.1, 0.15) is 26.7 Å². The molecule has 1 aliphatic rings. The van der Waals surface area contributed by atoms with Crippen molar-refractivity contribution in [3.63, 3.8) is 0 Å². The van der Waals surface area contributed by atoms with Gasteiger partial charge in [-0.1, -0.05) is 13.8 Å². The van der Waals surface area contributed by atoms with E-state index in [9.17, 15) is 0 Å². The second kappa shape index (κ2) is 4.70. The summed E-state index contributed by atoms with van der Waals surface area (Å²) in [7, 11) is 0. The minimum absolute atomic E-state index is 0.646. The van der Waals surface area contributed by atoms with E-state index in [2.05, 4.69) is 35.2 Å². The van der Waals surface area contributed by atoms with Crippen LogP contribution in [0.4, 0.5) is 11.5 Å². The van der Waals surface area contributed by atoms with Crippen molar-refractivity contribution in [3.05, 3.63) is 18.3 Å². The first-order valence-corrected chi connectivity index (χ1v) is 5.91. The monoisotopic (exact) mass is 220 g/mol. The molecule has 0 amide bonds. The molecule has 1 unspecified atom stereocenters. The molecule has 0 bridgehead atoms. The second-order valence-corrected chi connectivity index (χ2v) is 4.69. The topological polar surface area (TPSA) is 54.2 Å². The van der Waals surface area contributed by atoms with Crippen LogP contribution in [0.2, 0.25) is 0 Å². The third-order valence-corrected chi connectivity index (χ3v) is 3.29. The second-order valence-electron chi connectivity index (χ2n) is 4.69. The molecule has 1 saturated heterocycles. The normalized spacial score (nSPS) is 20.5. The van der Waals surface area contributed by atoms with Crippen molar-refractivity contribution in [1.29, 1.82) is 0 Å². The van der Waals surface area contributed by atoms with Crippen LogP contribution in [0.15, 0.2) is 18.3 Å². The van der Waals surface area contributed by atoms with Gasteiger partial charge in [0.1, 0.15) is 5.82 Å². The van der Waals surface area contributed by atoms with Crippen LogP contribution in [0, 0.1) is 5.92 Å². The van der Waals surface area contributed by atoms with Crippen LogP contribution < -0.4 is 16.2 Å². The molecule has 3 N–H and O–H groups in total. The zero-order chi connectivity index (χ0) is 11.5. The molecule has 1 fully saturated rings. The predicted molar refractivity (Wildman–Crippen MR) is 67.3 cm³/mol. The number of hydrazine groups is 1.